The molecule has 0 heterocycles. The van der Waals surface area contributed by atoms with Gasteiger partial charge in [0.25, 0.3) is 0 Å². The summed E-state index contributed by atoms with van der Waals surface area (Å²) in [5.41, 5.74) is 0.412. The number of nitro groups is 1. The summed E-state index contributed by atoms with van der Waals surface area (Å²) in [5, 5.41) is 20.9. The van der Waals surface area contributed by atoms with Crippen LogP contribution >= 0.6 is 11.6 Å². The molecule has 7 heteroatoms. The molecular formula is C14H11ClN2O4. The summed E-state index contributed by atoms with van der Waals surface area (Å²) in [5.74, 6) is 0.0969. The van der Waals surface area contributed by atoms with Gasteiger partial charge < -0.3 is 9.84 Å². The number of phenols is 1. The Hall–Kier alpha value is -2.60. The van der Waals surface area contributed by atoms with Gasteiger partial charge in [0.1, 0.15) is 5.75 Å². The Morgan fingerprint density at radius 1 is 1.38 bits per heavy atom. The molecule has 0 aromatic heterocycles. The number of halogens is 1. The van der Waals surface area contributed by atoms with Crippen molar-refractivity contribution in [2.24, 2.45) is 4.99 Å². The van der Waals surface area contributed by atoms with Crippen molar-refractivity contribution < 1.29 is 14.8 Å². The molecule has 21 heavy (non-hydrogen) atoms. The molecule has 0 fully saturated rings. The molecule has 1 N–H and O–H groups in total. The topological polar surface area (TPSA) is 85.0 Å². The second-order valence-electron chi connectivity index (χ2n) is 4.05. The number of rotatable bonds is 4. The quantitative estimate of drug-likeness (QED) is 0.530. The van der Waals surface area contributed by atoms with E-state index in [0.29, 0.717) is 16.5 Å². The predicted octanol–water partition coefficient (Wildman–Crippen LogP) is 3.71. The molecule has 0 saturated heterocycles. The zero-order valence-electron chi connectivity index (χ0n) is 11.0. The highest BCUT2D eigenvalue weighted by atomic mass is 35.5. The molecule has 0 amide bonds. The number of aromatic hydroxyl groups is 1. The number of hydrogen-bond acceptors (Lipinski definition) is 5. The van der Waals surface area contributed by atoms with E-state index in [0.717, 1.165) is 0 Å². The van der Waals surface area contributed by atoms with Crippen molar-refractivity contribution >= 4 is 29.2 Å². The number of aliphatic imine (C=N–C) groups is 1. The first-order valence-corrected chi connectivity index (χ1v) is 6.24. The fourth-order valence-electron chi connectivity index (χ4n) is 1.68. The number of nitro benzene ring substituents is 1. The molecule has 2 aromatic carbocycles. The lowest BCUT2D eigenvalue weighted by Crippen LogP contribution is -1.91. The molecular weight excluding hydrogens is 296 g/mol. The van der Waals surface area contributed by atoms with Crippen molar-refractivity contribution in [1.82, 2.24) is 0 Å². The van der Waals surface area contributed by atoms with Gasteiger partial charge >= 0.3 is 5.69 Å². The minimum absolute atomic E-state index is 0.246. The molecule has 0 spiro atoms. The van der Waals surface area contributed by atoms with Gasteiger partial charge in [0.2, 0.25) is 5.75 Å². The largest absolute Gasteiger partial charge is 0.502 e. The summed E-state index contributed by atoms with van der Waals surface area (Å²) in [6.07, 6.45) is 1.33. The Bertz CT molecular complexity index is 716. The summed E-state index contributed by atoms with van der Waals surface area (Å²) < 4.78 is 5.03. The lowest BCUT2D eigenvalue weighted by molar-refractivity contribution is -0.385. The van der Waals surface area contributed by atoms with E-state index in [9.17, 15) is 15.2 Å². The number of phenolic OH excluding ortho intramolecular Hbond substituents is 1. The van der Waals surface area contributed by atoms with Gasteiger partial charge in [-0.2, -0.15) is 0 Å². The molecule has 0 aliphatic heterocycles. The van der Waals surface area contributed by atoms with Crippen LogP contribution in [0.2, 0.25) is 5.02 Å². The summed E-state index contributed by atoms with van der Waals surface area (Å²) in [7, 11) is 1.51. The molecule has 0 saturated carbocycles. The van der Waals surface area contributed by atoms with Crippen molar-refractivity contribution in [2.75, 3.05) is 7.11 Å². The van der Waals surface area contributed by atoms with E-state index in [1.165, 1.54) is 31.5 Å². The maximum atomic E-state index is 10.7. The van der Waals surface area contributed by atoms with E-state index in [1.807, 2.05) is 0 Å². The smallest absolute Gasteiger partial charge is 0.311 e. The van der Waals surface area contributed by atoms with E-state index >= 15 is 0 Å². The molecule has 108 valence electrons. The van der Waals surface area contributed by atoms with Crippen LogP contribution in [0.5, 0.6) is 11.5 Å². The third kappa shape index (κ3) is 3.29. The molecule has 0 bridgehead atoms. The van der Waals surface area contributed by atoms with Crippen LogP contribution in [0.4, 0.5) is 11.4 Å². The Morgan fingerprint density at radius 3 is 2.76 bits per heavy atom. The predicted molar refractivity (Wildman–Crippen MR) is 80.0 cm³/mol. The summed E-state index contributed by atoms with van der Waals surface area (Å²) in [4.78, 5) is 14.2. The van der Waals surface area contributed by atoms with Crippen LogP contribution in [0.25, 0.3) is 0 Å². The molecule has 2 rings (SSSR count). The minimum Gasteiger partial charge on any atom is -0.502 e. The van der Waals surface area contributed by atoms with Crippen LogP contribution in [0.3, 0.4) is 0 Å². The lowest BCUT2D eigenvalue weighted by atomic mass is 10.2. The molecule has 0 radical (unpaired) electrons. The van der Waals surface area contributed by atoms with Crippen LogP contribution in [-0.4, -0.2) is 23.4 Å². The number of nitrogens with zero attached hydrogens (tertiary/aromatic N) is 2. The molecule has 0 atom stereocenters. The maximum Gasteiger partial charge on any atom is 0.311 e. The van der Waals surface area contributed by atoms with Gasteiger partial charge in [0, 0.05) is 17.8 Å². The Labute approximate surface area is 125 Å². The van der Waals surface area contributed by atoms with Crippen molar-refractivity contribution in [3.05, 3.63) is 57.1 Å². The fraction of sp³-hybridized carbons (Fsp3) is 0.0714. The Morgan fingerprint density at radius 2 is 2.14 bits per heavy atom. The minimum atomic E-state index is -0.656. The number of methoxy groups -OCH3 is 1. The highest BCUT2D eigenvalue weighted by Crippen LogP contribution is 2.30. The highest BCUT2D eigenvalue weighted by Gasteiger charge is 2.14. The normalized spacial score (nSPS) is 10.8. The lowest BCUT2D eigenvalue weighted by Gasteiger charge is -2.03. The third-order valence-corrected chi connectivity index (χ3v) is 3.03. The van der Waals surface area contributed by atoms with Gasteiger partial charge in [-0.15, -0.1) is 0 Å². The van der Waals surface area contributed by atoms with Gasteiger partial charge in [-0.3, -0.25) is 15.1 Å². The van der Waals surface area contributed by atoms with Crippen molar-refractivity contribution in [2.45, 2.75) is 0 Å². The van der Waals surface area contributed by atoms with E-state index in [1.54, 1.807) is 18.2 Å². The van der Waals surface area contributed by atoms with Crippen molar-refractivity contribution in [3.63, 3.8) is 0 Å². The highest BCUT2D eigenvalue weighted by molar-refractivity contribution is 6.32. The van der Waals surface area contributed by atoms with E-state index < -0.39 is 10.7 Å². The summed E-state index contributed by atoms with van der Waals surface area (Å²) in [6, 6.07) is 9.14. The summed E-state index contributed by atoms with van der Waals surface area (Å²) >= 11 is 5.97. The Kier molecular flexibility index (Phi) is 4.39. The molecule has 2 aromatic rings. The van der Waals surface area contributed by atoms with E-state index in [2.05, 4.69) is 4.99 Å². The first-order valence-electron chi connectivity index (χ1n) is 5.87. The van der Waals surface area contributed by atoms with Crippen LogP contribution in [0.15, 0.2) is 41.4 Å². The van der Waals surface area contributed by atoms with Gasteiger partial charge in [0.15, 0.2) is 0 Å². The van der Waals surface area contributed by atoms with Gasteiger partial charge in [0.05, 0.1) is 22.7 Å². The number of hydrogen-bond donors (Lipinski definition) is 1. The third-order valence-electron chi connectivity index (χ3n) is 2.73. The maximum absolute atomic E-state index is 10.7. The molecule has 0 aliphatic rings. The van der Waals surface area contributed by atoms with Crippen molar-refractivity contribution in [3.8, 4) is 11.5 Å². The van der Waals surface area contributed by atoms with Crippen LogP contribution in [0.1, 0.15) is 5.56 Å². The number of ether oxygens (including phenoxy) is 1. The van der Waals surface area contributed by atoms with E-state index in [4.69, 9.17) is 16.3 Å². The van der Waals surface area contributed by atoms with Gasteiger partial charge in [-0.1, -0.05) is 17.7 Å². The SMILES string of the molecule is COc1ccc(N=Cc2cccc([N+](=O)[O-])c2O)cc1Cl. The molecule has 0 aliphatic carbocycles. The standard InChI is InChI=1S/C14H11ClN2O4/c1-21-13-6-5-10(7-11(13)15)16-8-9-3-2-4-12(14(9)18)17(19)20/h2-8,18H,1H3. The zero-order valence-corrected chi connectivity index (χ0v) is 11.7. The average molecular weight is 307 g/mol. The Balaban J connectivity index is 2.31. The first-order chi connectivity index (χ1) is 10.0. The number of benzene rings is 2. The van der Waals surface area contributed by atoms with Crippen molar-refractivity contribution in [1.29, 1.82) is 0 Å². The van der Waals surface area contributed by atoms with Gasteiger partial charge in [-0.05, 0) is 24.3 Å². The van der Waals surface area contributed by atoms with Crippen LogP contribution in [0, 0.1) is 10.1 Å². The van der Waals surface area contributed by atoms with Crippen LogP contribution < -0.4 is 4.74 Å². The first kappa shape index (κ1) is 14.8. The van der Waals surface area contributed by atoms with Crippen LogP contribution in [-0.2, 0) is 0 Å². The van der Waals surface area contributed by atoms with E-state index in [-0.39, 0.29) is 11.3 Å². The molecule has 6 nitrogen and oxygen atoms in total. The molecule has 0 unspecified atom stereocenters. The fourth-order valence-corrected chi connectivity index (χ4v) is 1.93. The van der Waals surface area contributed by atoms with Gasteiger partial charge in [-0.25, -0.2) is 0 Å². The second-order valence-corrected chi connectivity index (χ2v) is 4.46. The second kappa shape index (κ2) is 6.23. The monoisotopic (exact) mass is 306 g/mol. The average Bonchev–Trinajstić information content (AvgIpc) is 2.46. The number of para-hydroxylation sites is 1. The summed E-state index contributed by atoms with van der Waals surface area (Å²) in [6.45, 7) is 0. The zero-order chi connectivity index (χ0) is 15.4.